The number of hydrogen-bond donors (Lipinski definition) is 1. The van der Waals surface area contributed by atoms with E-state index in [9.17, 15) is 14.7 Å². The van der Waals surface area contributed by atoms with Crippen LogP contribution in [0, 0.1) is 0 Å². The summed E-state index contributed by atoms with van der Waals surface area (Å²) in [5.41, 5.74) is 4.22. The van der Waals surface area contributed by atoms with Crippen LogP contribution in [-0.2, 0) is 22.5 Å². The van der Waals surface area contributed by atoms with E-state index in [-0.39, 0.29) is 6.54 Å². The molecule has 0 saturated carbocycles. The molecule has 38 heavy (non-hydrogen) atoms. The van der Waals surface area contributed by atoms with Gasteiger partial charge in [0.2, 0.25) is 0 Å². The standard InChI is InChI=1S/C30H32ClNO6/c1-30(2,3)38-29(35)32(17-26(33)20-6-5-7-23(31)16-20)13-12-19-8-11-27-25(14-19)24-10-9-21(28(34)36-4)15-22(24)18-37-27/h5-11,14-16,26,33H,12-13,17-18H2,1-4H3/t26-/m0/s1. The summed E-state index contributed by atoms with van der Waals surface area (Å²) in [5, 5.41) is 11.4. The van der Waals surface area contributed by atoms with Crippen LogP contribution < -0.4 is 4.74 Å². The number of hydrogen-bond acceptors (Lipinski definition) is 6. The minimum atomic E-state index is -0.922. The monoisotopic (exact) mass is 537 g/mol. The molecule has 0 aromatic heterocycles. The Morgan fingerprint density at radius 1 is 1.08 bits per heavy atom. The summed E-state index contributed by atoms with van der Waals surface area (Å²) >= 11 is 6.09. The maximum atomic E-state index is 13.0. The first kappa shape index (κ1) is 27.5. The Balaban J connectivity index is 1.54. The zero-order valence-electron chi connectivity index (χ0n) is 22.0. The van der Waals surface area contributed by atoms with Gasteiger partial charge in [-0.3, -0.25) is 0 Å². The number of aliphatic hydroxyl groups is 1. The lowest BCUT2D eigenvalue weighted by Gasteiger charge is -2.29. The molecule has 0 bridgehead atoms. The van der Waals surface area contributed by atoms with E-state index >= 15 is 0 Å². The van der Waals surface area contributed by atoms with Gasteiger partial charge in [0.25, 0.3) is 0 Å². The van der Waals surface area contributed by atoms with Crippen LogP contribution in [0.3, 0.4) is 0 Å². The molecule has 1 heterocycles. The molecule has 0 unspecified atom stereocenters. The van der Waals surface area contributed by atoms with E-state index in [1.54, 1.807) is 36.4 Å². The second kappa shape index (κ2) is 11.5. The zero-order valence-corrected chi connectivity index (χ0v) is 22.7. The van der Waals surface area contributed by atoms with Gasteiger partial charge >= 0.3 is 12.1 Å². The largest absolute Gasteiger partial charge is 0.488 e. The van der Waals surface area contributed by atoms with Crippen LogP contribution in [0.5, 0.6) is 5.75 Å². The molecular formula is C30H32ClNO6. The van der Waals surface area contributed by atoms with Crippen LogP contribution >= 0.6 is 11.6 Å². The van der Waals surface area contributed by atoms with E-state index in [1.165, 1.54) is 12.0 Å². The van der Waals surface area contributed by atoms with Gasteiger partial charge in [0.1, 0.15) is 18.0 Å². The van der Waals surface area contributed by atoms with Crippen LogP contribution in [0.25, 0.3) is 11.1 Å². The number of amides is 1. The molecule has 7 nitrogen and oxygen atoms in total. The molecule has 1 amide bonds. The van der Waals surface area contributed by atoms with E-state index in [0.29, 0.717) is 35.7 Å². The molecule has 0 spiro atoms. The molecule has 0 radical (unpaired) electrons. The van der Waals surface area contributed by atoms with Gasteiger partial charge in [-0.1, -0.05) is 35.9 Å². The minimum Gasteiger partial charge on any atom is -0.488 e. The lowest BCUT2D eigenvalue weighted by Crippen LogP contribution is -2.40. The highest BCUT2D eigenvalue weighted by Crippen LogP contribution is 2.38. The average Bonchev–Trinajstić information content (AvgIpc) is 2.88. The summed E-state index contributed by atoms with van der Waals surface area (Å²) in [7, 11) is 1.36. The average molecular weight is 538 g/mol. The molecule has 0 saturated heterocycles. The summed E-state index contributed by atoms with van der Waals surface area (Å²) in [6.45, 7) is 6.18. The third kappa shape index (κ3) is 6.65. The lowest BCUT2D eigenvalue weighted by atomic mass is 9.93. The van der Waals surface area contributed by atoms with E-state index in [2.05, 4.69) is 0 Å². The Bertz CT molecular complexity index is 1330. The predicted molar refractivity (Wildman–Crippen MR) is 145 cm³/mol. The second-order valence-electron chi connectivity index (χ2n) is 10.2. The Labute approximate surface area is 227 Å². The number of benzene rings is 3. The van der Waals surface area contributed by atoms with Gasteiger partial charge in [-0.05, 0) is 85.8 Å². The van der Waals surface area contributed by atoms with Gasteiger partial charge in [-0.25, -0.2) is 9.59 Å². The second-order valence-corrected chi connectivity index (χ2v) is 10.7. The van der Waals surface area contributed by atoms with Crippen molar-refractivity contribution in [2.75, 3.05) is 20.2 Å². The molecule has 0 fully saturated rings. The number of ether oxygens (including phenoxy) is 3. The molecule has 1 atom stereocenters. The number of halogens is 1. The van der Waals surface area contributed by atoms with E-state index < -0.39 is 23.8 Å². The molecule has 4 rings (SSSR count). The Morgan fingerprint density at radius 3 is 2.58 bits per heavy atom. The first-order chi connectivity index (χ1) is 18.0. The van der Waals surface area contributed by atoms with Crippen molar-refractivity contribution in [2.24, 2.45) is 0 Å². The zero-order chi connectivity index (χ0) is 27.4. The maximum Gasteiger partial charge on any atom is 0.410 e. The topological polar surface area (TPSA) is 85.3 Å². The van der Waals surface area contributed by atoms with Crippen LogP contribution in [0.4, 0.5) is 4.79 Å². The normalized spacial score (nSPS) is 13.0. The molecular weight excluding hydrogens is 506 g/mol. The molecule has 0 aliphatic carbocycles. The van der Waals surface area contributed by atoms with Gasteiger partial charge < -0.3 is 24.2 Å². The van der Waals surface area contributed by atoms with Crippen molar-refractivity contribution in [3.63, 3.8) is 0 Å². The summed E-state index contributed by atoms with van der Waals surface area (Å²) in [5.74, 6) is 0.363. The highest BCUT2D eigenvalue weighted by molar-refractivity contribution is 6.30. The molecule has 1 N–H and O–H groups in total. The molecule has 3 aromatic rings. The van der Waals surface area contributed by atoms with E-state index in [0.717, 1.165) is 28.0 Å². The molecule has 1 aliphatic heterocycles. The number of carbonyl (C=O) groups excluding carboxylic acids is 2. The summed E-state index contributed by atoms with van der Waals surface area (Å²) in [6.07, 6.45) is -0.890. The van der Waals surface area contributed by atoms with Crippen LogP contribution in [0.2, 0.25) is 5.02 Å². The van der Waals surface area contributed by atoms with Gasteiger partial charge in [0, 0.05) is 17.1 Å². The number of carbonyl (C=O) groups is 2. The first-order valence-electron chi connectivity index (χ1n) is 12.4. The maximum absolute atomic E-state index is 13.0. The summed E-state index contributed by atoms with van der Waals surface area (Å²) in [4.78, 5) is 26.5. The fraction of sp³-hybridized carbons (Fsp3) is 0.333. The van der Waals surface area contributed by atoms with Gasteiger partial charge in [-0.15, -0.1) is 0 Å². The Morgan fingerprint density at radius 2 is 1.87 bits per heavy atom. The van der Waals surface area contributed by atoms with Crippen molar-refractivity contribution in [1.29, 1.82) is 0 Å². The highest BCUT2D eigenvalue weighted by atomic mass is 35.5. The van der Waals surface area contributed by atoms with Crippen LogP contribution in [-0.4, -0.2) is 47.9 Å². The van der Waals surface area contributed by atoms with E-state index in [4.69, 9.17) is 25.8 Å². The van der Waals surface area contributed by atoms with Crippen LogP contribution in [0.15, 0.2) is 60.7 Å². The third-order valence-corrected chi connectivity index (χ3v) is 6.43. The van der Waals surface area contributed by atoms with Crippen molar-refractivity contribution < 1.29 is 28.9 Å². The number of rotatable bonds is 7. The van der Waals surface area contributed by atoms with Gasteiger partial charge in [0.15, 0.2) is 0 Å². The lowest BCUT2D eigenvalue weighted by molar-refractivity contribution is 0.0147. The van der Waals surface area contributed by atoms with Crippen molar-refractivity contribution in [1.82, 2.24) is 4.90 Å². The number of nitrogens with zero attached hydrogens (tertiary/aromatic N) is 1. The van der Waals surface area contributed by atoms with Crippen LogP contribution in [0.1, 0.15) is 53.9 Å². The molecule has 1 aliphatic rings. The Kier molecular flexibility index (Phi) is 8.29. The summed E-state index contributed by atoms with van der Waals surface area (Å²) < 4.78 is 16.4. The van der Waals surface area contributed by atoms with Crippen molar-refractivity contribution in [3.05, 3.63) is 87.9 Å². The predicted octanol–water partition coefficient (Wildman–Crippen LogP) is 6.20. The van der Waals surface area contributed by atoms with Gasteiger partial charge in [0.05, 0.1) is 25.3 Å². The minimum absolute atomic E-state index is 0.0580. The molecule has 3 aromatic carbocycles. The number of aliphatic hydroxyl groups excluding tert-OH is 1. The van der Waals surface area contributed by atoms with Crippen molar-refractivity contribution in [3.8, 4) is 16.9 Å². The summed E-state index contributed by atoms with van der Waals surface area (Å²) in [6, 6.07) is 18.3. The van der Waals surface area contributed by atoms with Crippen molar-refractivity contribution >= 4 is 23.7 Å². The van der Waals surface area contributed by atoms with Gasteiger partial charge in [-0.2, -0.15) is 0 Å². The fourth-order valence-corrected chi connectivity index (χ4v) is 4.52. The molecule has 8 heteroatoms. The molecule has 200 valence electrons. The van der Waals surface area contributed by atoms with Crippen molar-refractivity contribution in [2.45, 2.75) is 45.5 Å². The first-order valence-corrected chi connectivity index (χ1v) is 12.8. The Hall–Kier alpha value is -3.55. The third-order valence-electron chi connectivity index (χ3n) is 6.19. The smallest absolute Gasteiger partial charge is 0.410 e. The van der Waals surface area contributed by atoms with E-state index in [1.807, 2.05) is 45.0 Å². The number of fused-ring (bicyclic) bond motifs is 3. The quantitative estimate of drug-likeness (QED) is 0.361. The SMILES string of the molecule is COC(=O)c1ccc2c(c1)COc1ccc(CCN(C[C@H](O)c3cccc(Cl)c3)C(=O)OC(C)(C)C)cc1-2. The number of esters is 1. The highest BCUT2D eigenvalue weighted by Gasteiger charge is 2.25. The fourth-order valence-electron chi connectivity index (χ4n) is 4.32. The number of methoxy groups -OCH3 is 1.